The molecule has 1 nitrogen and oxygen atoms in total. The van der Waals surface area contributed by atoms with E-state index in [4.69, 9.17) is 0 Å². The van der Waals surface area contributed by atoms with Gasteiger partial charge in [0.05, 0.1) is 10.6 Å². The summed E-state index contributed by atoms with van der Waals surface area (Å²) >= 11 is 3.14. The minimum atomic E-state index is -0.334. The van der Waals surface area contributed by atoms with Crippen molar-refractivity contribution in [2.45, 2.75) is 39.2 Å². The van der Waals surface area contributed by atoms with Crippen LogP contribution < -0.4 is 0 Å². The lowest BCUT2D eigenvalue weighted by atomic mass is 10.00. The minimum Gasteiger partial charge on any atom is -0.393 e. The third-order valence-electron chi connectivity index (χ3n) is 2.53. The highest BCUT2D eigenvalue weighted by Gasteiger charge is 2.08. The van der Waals surface area contributed by atoms with Crippen LogP contribution in [0.3, 0.4) is 0 Å². The molecule has 0 aromatic heterocycles. The van der Waals surface area contributed by atoms with Crippen LogP contribution in [0.1, 0.15) is 32.3 Å². The molecule has 0 bridgehead atoms. The summed E-state index contributed by atoms with van der Waals surface area (Å²) in [5.41, 5.74) is 0.963. The summed E-state index contributed by atoms with van der Waals surface area (Å²) in [4.78, 5) is 0. The quantitative estimate of drug-likeness (QED) is 0.870. The fourth-order valence-electron chi connectivity index (χ4n) is 1.57. The van der Waals surface area contributed by atoms with Crippen molar-refractivity contribution in [2.75, 3.05) is 0 Å². The third kappa shape index (κ3) is 4.62. The first-order valence-electron chi connectivity index (χ1n) is 5.61. The monoisotopic (exact) mass is 288 g/mol. The molecular formula is C13H18BrFO. The van der Waals surface area contributed by atoms with Crippen molar-refractivity contribution >= 4 is 15.9 Å². The van der Waals surface area contributed by atoms with Crippen LogP contribution in [0.25, 0.3) is 0 Å². The summed E-state index contributed by atoms with van der Waals surface area (Å²) in [6, 6.07) is 4.88. The number of aliphatic hydroxyl groups excluding tert-OH is 1. The Morgan fingerprint density at radius 3 is 2.56 bits per heavy atom. The second-order valence-corrected chi connectivity index (χ2v) is 5.43. The molecule has 0 saturated heterocycles. The lowest BCUT2D eigenvalue weighted by Gasteiger charge is -2.12. The van der Waals surface area contributed by atoms with E-state index in [0.717, 1.165) is 18.4 Å². The number of aliphatic hydroxyl groups is 1. The normalized spacial score (nSPS) is 13.1. The Morgan fingerprint density at radius 1 is 1.31 bits per heavy atom. The van der Waals surface area contributed by atoms with Gasteiger partial charge in [-0.1, -0.05) is 19.9 Å². The Labute approximate surface area is 105 Å². The van der Waals surface area contributed by atoms with E-state index in [-0.39, 0.29) is 11.9 Å². The zero-order valence-electron chi connectivity index (χ0n) is 9.71. The zero-order chi connectivity index (χ0) is 12.1. The predicted molar refractivity (Wildman–Crippen MR) is 67.9 cm³/mol. The fraction of sp³-hybridized carbons (Fsp3) is 0.538. The van der Waals surface area contributed by atoms with Crippen molar-refractivity contribution in [1.29, 1.82) is 0 Å². The van der Waals surface area contributed by atoms with E-state index < -0.39 is 0 Å². The first kappa shape index (κ1) is 13.7. The molecule has 0 aliphatic carbocycles. The lowest BCUT2D eigenvalue weighted by Crippen LogP contribution is -2.11. The van der Waals surface area contributed by atoms with Gasteiger partial charge in [-0.2, -0.15) is 0 Å². The van der Waals surface area contributed by atoms with E-state index in [1.54, 1.807) is 12.1 Å². The molecule has 0 spiro atoms. The second-order valence-electron chi connectivity index (χ2n) is 4.58. The van der Waals surface area contributed by atoms with Crippen LogP contribution in [0, 0.1) is 11.7 Å². The molecule has 0 saturated carbocycles. The summed E-state index contributed by atoms with van der Waals surface area (Å²) < 4.78 is 13.4. The topological polar surface area (TPSA) is 20.2 Å². The molecular weight excluding hydrogens is 271 g/mol. The number of hydrogen-bond acceptors (Lipinski definition) is 1. The van der Waals surface area contributed by atoms with E-state index in [1.807, 2.05) is 0 Å². The van der Waals surface area contributed by atoms with E-state index in [1.165, 1.54) is 6.07 Å². The Kier molecular flexibility index (Phi) is 5.42. The Hall–Kier alpha value is -0.410. The van der Waals surface area contributed by atoms with E-state index in [0.29, 0.717) is 16.8 Å². The summed E-state index contributed by atoms with van der Waals surface area (Å²) in [7, 11) is 0. The molecule has 1 N–H and O–H groups in total. The van der Waals surface area contributed by atoms with Crippen LogP contribution in [0.5, 0.6) is 0 Å². The molecule has 0 fully saturated rings. The molecule has 1 aromatic carbocycles. The summed E-state index contributed by atoms with van der Waals surface area (Å²) in [5.74, 6) is 0.343. The molecule has 0 radical (unpaired) electrons. The Bertz CT molecular complexity index is 339. The zero-order valence-corrected chi connectivity index (χ0v) is 11.3. The van der Waals surface area contributed by atoms with Gasteiger partial charge in [-0.05, 0) is 58.8 Å². The number of rotatable bonds is 5. The smallest absolute Gasteiger partial charge is 0.137 e. The van der Waals surface area contributed by atoms with Crippen molar-refractivity contribution in [3.63, 3.8) is 0 Å². The predicted octanol–water partition coefficient (Wildman–Crippen LogP) is 3.93. The maximum atomic E-state index is 13.0. The molecule has 3 heteroatoms. The van der Waals surface area contributed by atoms with Crippen LogP contribution in [-0.4, -0.2) is 11.2 Å². The van der Waals surface area contributed by atoms with Crippen molar-refractivity contribution in [2.24, 2.45) is 5.92 Å². The summed E-state index contributed by atoms with van der Waals surface area (Å²) in [6.07, 6.45) is 2.07. The molecule has 90 valence electrons. The van der Waals surface area contributed by atoms with Crippen LogP contribution in [0.2, 0.25) is 0 Å². The second kappa shape index (κ2) is 6.36. The number of benzene rings is 1. The summed E-state index contributed by atoms with van der Waals surface area (Å²) in [5, 5.41) is 9.80. The van der Waals surface area contributed by atoms with E-state index in [2.05, 4.69) is 29.8 Å². The molecule has 0 amide bonds. The van der Waals surface area contributed by atoms with Crippen molar-refractivity contribution < 1.29 is 9.50 Å². The van der Waals surface area contributed by atoms with Gasteiger partial charge >= 0.3 is 0 Å². The van der Waals surface area contributed by atoms with Gasteiger partial charge in [-0.15, -0.1) is 0 Å². The van der Waals surface area contributed by atoms with Gasteiger partial charge in [0.15, 0.2) is 0 Å². The van der Waals surface area contributed by atoms with Gasteiger partial charge in [-0.3, -0.25) is 0 Å². The standard InChI is InChI=1S/C13H18BrFO/c1-9(2)3-5-11(16)7-10-4-6-13(15)12(14)8-10/h4,6,8-9,11,16H,3,5,7H2,1-2H3. The van der Waals surface area contributed by atoms with Gasteiger partial charge < -0.3 is 5.11 Å². The highest BCUT2D eigenvalue weighted by atomic mass is 79.9. The van der Waals surface area contributed by atoms with Crippen molar-refractivity contribution in [3.05, 3.63) is 34.1 Å². The largest absolute Gasteiger partial charge is 0.393 e. The third-order valence-corrected chi connectivity index (χ3v) is 3.14. The molecule has 1 atom stereocenters. The van der Waals surface area contributed by atoms with Crippen LogP contribution >= 0.6 is 15.9 Å². The van der Waals surface area contributed by atoms with Gasteiger partial charge in [0.25, 0.3) is 0 Å². The van der Waals surface area contributed by atoms with E-state index >= 15 is 0 Å². The molecule has 1 aromatic rings. The molecule has 0 heterocycles. The summed E-state index contributed by atoms with van der Waals surface area (Å²) in [6.45, 7) is 4.28. The lowest BCUT2D eigenvalue weighted by molar-refractivity contribution is 0.157. The van der Waals surface area contributed by atoms with Gasteiger partial charge in [0.2, 0.25) is 0 Å². The number of hydrogen-bond donors (Lipinski definition) is 1. The average molecular weight is 289 g/mol. The Morgan fingerprint density at radius 2 is 2.00 bits per heavy atom. The molecule has 0 aliphatic rings. The highest BCUT2D eigenvalue weighted by Crippen LogP contribution is 2.19. The van der Waals surface area contributed by atoms with Crippen molar-refractivity contribution in [1.82, 2.24) is 0 Å². The number of halogens is 2. The molecule has 1 rings (SSSR count). The van der Waals surface area contributed by atoms with Gasteiger partial charge in [0, 0.05) is 0 Å². The highest BCUT2D eigenvalue weighted by molar-refractivity contribution is 9.10. The average Bonchev–Trinajstić information content (AvgIpc) is 2.21. The maximum absolute atomic E-state index is 13.0. The Balaban J connectivity index is 2.49. The molecule has 16 heavy (non-hydrogen) atoms. The van der Waals surface area contributed by atoms with Crippen molar-refractivity contribution in [3.8, 4) is 0 Å². The van der Waals surface area contributed by atoms with Crippen LogP contribution in [0.15, 0.2) is 22.7 Å². The van der Waals surface area contributed by atoms with E-state index in [9.17, 15) is 9.50 Å². The molecule has 1 unspecified atom stereocenters. The SMILES string of the molecule is CC(C)CCC(O)Cc1ccc(F)c(Br)c1. The molecule has 0 aliphatic heterocycles. The van der Waals surface area contributed by atoms with Gasteiger partial charge in [-0.25, -0.2) is 4.39 Å². The first-order chi connectivity index (χ1) is 7.49. The minimum absolute atomic E-state index is 0.263. The fourth-order valence-corrected chi connectivity index (χ4v) is 1.99. The maximum Gasteiger partial charge on any atom is 0.137 e. The van der Waals surface area contributed by atoms with Gasteiger partial charge in [0.1, 0.15) is 5.82 Å². The van der Waals surface area contributed by atoms with Crippen LogP contribution in [-0.2, 0) is 6.42 Å². The van der Waals surface area contributed by atoms with Crippen LogP contribution in [0.4, 0.5) is 4.39 Å². The first-order valence-corrected chi connectivity index (χ1v) is 6.40.